The average molecular weight is 406 g/mol. The van der Waals surface area contributed by atoms with Gasteiger partial charge in [0.1, 0.15) is 0 Å². The van der Waals surface area contributed by atoms with Crippen molar-refractivity contribution in [1.29, 1.82) is 0 Å². The number of carbonyl (C=O) groups is 3. The van der Waals surface area contributed by atoms with Crippen molar-refractivity contribution in [2.24, 2.45) is 11.8 Å². The molecule has 1 aliphatic heterocycles. The van der Waals surface area contributed by atoms with Crippen LogP contribution in [0.2, 0.25) is 0 Å². The van der Waals surface area contributed by atoms with Crippen LogP contribution in [0.4, 0.5) is 0 Å². The molecule has 5 heteroatoms. The minimum atomic E-state index is -0.883. The van der Waals surface area contributed by atoms with Crippen molar-refractivity contribution in [1.82, 2.24) is 10.3 Å². The highest BCUT2D eigenvalue weighted by molar-refractivity contribution is 6.09. The second-order valence-corrected chi connectivity index (χ2v) is 8.31. The number of nitrogens with one attached hydrogen (secondary N) is 1. The van der Waals surface area contributed by atoms with E-state index < -0.39 is 17.3 Å². The van der Waals surface area contributed by atoms with Crippen molar-refractivity contribution in [2.75, 3.05) is 0 Å². The lowest BCUT2D eigenvalue weighted by atomic mass is 9.47. The first-order chi connectivity index (χ1) is 15.1. The van der Waals surface area contributed by atoms with E-state index in [9.17, 15) is 14.4 Å². The van der Waals surface area contributed by atoms with Crippen molar-refractivity contribution >= 4 is 17.6 Å². The van der Waals surface area contributed by atoms with Crippen molar-refractivity contribution in [3.63, 3.8) is 0 Å². The first-order valence-electron chi connectivity index (χ1n) is 10.3. The van der Waals surface area contributed by atoms with Gasteiger partial charge in [0.25, 0.3) is 0 Å². The fourth-order valence-corrected chi connectivity index (χ4v) is 5.86. The average Bonchev–Trinajstić information content (AvgIpc) is 3.13. The van der Waals surface area contributed by atoms with Gasteiger partial charge in [0.05, 0.1) is 17.3 Å². The maximum Gasteiger partial charge on any atom is 0.232 e. The van der Waals surface area contributed by atoms with Crippen LogP contribution in [0.25, 0.3) is 0 Å². The smallest absolute Gasteiger partial charge is 0.232 e. The van der Waals surface area contributed by atoms with Crippen molar-refractivity contribution in [2.45, 2.75) is 11.3 Å². The molecular formula is C26H18N2O3. The van der Waals surface area contributed by atoms with E-state index in [1.54, 1.807) is 30.6 Å². The molecule has 1 aromatic heterocycles. The molecule has 2 aromatic carbocycles. The maximum absolute atomic E-state index is 13.1. The van der Waals surface area contributed by atoms with Gasteiger partial charge in [-0.05, 0) is 40.5 Å². The van der Waals surface area contributed by atoms with Crippen molar-refractivity contribution in [3.05, 3.63) is 113 Å². The molecule has 0 radical (unpaired) electrons. The Morgan fingerprint density at radius 1 is 0.871 bits per heavy atom. The quantitative estimate of drug-likeness (QED) is 0.412. The van der Waals surface area contributed by atoms with Gasteiger partial charge in [0.15, 0.2) is 5.78 Å². The monoisotopic (exact) mass is 406 g/mol. The van der Waals surface area contributed by atoms with Crippen LogP contribution in [0.15, 0.2) is 85.2 Å². The third-order valence-electron chi connectivity index (χ3n) is 6.99. The number of nitrogens with zero attached hydrogens (tertiary/aromatic N) is 1. The number of imide groups is 1. The van der Waals surface area contributed by atoms with Crippen LogP contribution in [-0.4, -0.2) is 22.6 Å². The summed E-state index contributed by atoms with van der Waals surface area (Å²) in [6, 6.07) is 19.3. The molecule has 2 bridgehead atoms. The molecule has 0 spiro atoms. The number of aromatic nitrogens is 1. The third-order valence-corrected chi connectivity index (χ3v) is 6.99. The Labute approximate surface area is 178 Å². The number of hydrogen-bond acceptors (Lipinski definition) is 4. The highest BCUT2D eigenvalue weighted by atomic mass is 16.2. The lowest BCUT2D eigenvalue weighted by Gasteiger charge is -2.53. The van der Waals surface area contributed by atoms with Crippen LogP contribution in [-0.2, 0) is 15.0 Å². The summed E-state index contributed by atoms with van der Waals surface area (Å²) in [7, 11) is 0. The highest BCUT2D eigenvalue weighted by Crippen LogP contribution is 2.63. The predicted octanol–water partition coefficient (Wildman–Crippen LogP) is 3.15. The van der Waals surface area contributed by atoms with Crippen molar-refractivity contribution < 1.29 is 14.4 Å². The largest absolute Gasteiger partial charge is 0.296 e. The summed E-state index contributed by atoms with van der Waals surface area (Å²) in [6.45, 7) is 0. The van der Waals surface area contributed by atoms with Gasteiger partial charge in [-0.15, -0.1) is 0 Å². The van der Waals surface area contributed by atoms with E-state index in [0.717, 1.165) is 22.3 Å². The molecule has 150 valence electrons. The second kappa shape index (κ2) is 6.32. The Hall–Kier alpha value is -3.86. The Balaban J connectivity index is 1.63. The fourth-order valence-electron chi connectivity index (χ4n) is 5.86. The third kappa shape index (κ3) is 2.26. The summed E-state index contributed by atoms with van der Waals surface area (Å²) in [5.74, 6) is -1.92. The summed E-state index contributed by atoms with van der Waals surface area (Å²) in [5.41, 5.74) is 3.72. The molecule has 1 saturated heterocycles. The lowest BCUT2D eigenvalue weighted by Crippen LogP contribution is -2.52. The summed E-state index contributed by atoms with van der Waals surface area (Å²) >= 11 is 0. The van der Waals surface area contributed by atoms with Crippen LogP contribution in [0.5, 0.6) is 0 Å². The summed E-state index contributed by atoms with van der Waals surface area (Å²) in [4.78, 5) is 42.9. The SMILES string of the molecule is O=C(/C=C/C12c3ccccc3C(c3ccccc31)C1C(=O)NC(=O)C12)c1ccncc1. The van der Waals surface area contributed by atoms with Gasteiger partial charge in [-0.25, -0.2) is 0 Å². The molecular weight excluding hydrogens is 388 g/mol. The molecule has 4 aliphatic rings. The number of benzene rings is 2. The van der Waals surface area contributed by atoms with E-state index in [-0.39, 0.29) is 23.5 Å². The number of pyridine rings is 1. The Morgan fingerprint density at radius 3 is 2.13 bits per heavy atom. The number of allylic oxidation sites excluding steroid dienone is 2. The van der Waals surface area contributed by atoms with Gasteiger partial charge in [-0.3, -0.25) is 24.7 Å². The van der Waals surface area contributed by atoms with Crippen LogP contribution in [0.3, 0.4) is 0 Å². The Kier molecular flexibility index (Phi) is 3.66. The first kappa shape index (κ1) is 18.0. The van der Waals surface area contributed by atoms with Gasteiger partial charge >= 0.3 is 0 Å². The zero-order chi connectivity index (χ0) is 21.2. The summed E-state index contributed by atoms with van der Waals surface area (Å²) in [6.07, 6.45) is 6.55. The maximum atomic E-state index is 13.1. The van der Waals surface area contributed by atoms with E-state index in [0.29, 0.717) is 5.56 Å². The van der Waals surface area contributed by atoms with Crippen molar-refractivity contribution in [3.8, 4) is 0 Å². The lowest BCUT2D eigenvalue weighted by molar-refractivity contribution is -0.126. The predicted molar refractivity (Wildman–Crippen MR) is 113 cm³/mol. The topological polar surface area (TPSA) is 76.1 Å². The highest BCUT2D eigenvalue weighted by Gasteiger charge is 2.65. The summed E-state index contributed by atoms with van der Waals surface area (Å²) < 4.78 is 0. The van der Waals surface area contributed by atoms with Gasteiger partial charge in [-0.2, -0.15) is 0 Å². The zero-order valence-corrected chi connectivity index (χ0v) is 16.5. The van der Waals surface area contributed by atoms with Crippen LogP contribution in [0, 0.1) is 11.8 Å². The molecule has 31 heavy (non-hydrogen) atoms. The fraction of sp³-hybridized carbons (Fsp3) is 0.154. The number of hydrogen-bond donors (Lipinski definition) is 1. The first-order valence-corrected chi connectivity index (χ1v) is 10.3. The zero-order valence-electron chi connectivity index (χ0n) is 16.5. The standard InChI is InChI=1S/C26H18N2O3/c29-20(15-10-13-27-14-11-15)9-12-26-18-7-3-1-5-16(18)21(17-6-2-4-8-19(17)26)22-23(26)25(31)28-24(22)30/h1-14,21-23H,(H,28,30,31)/b12-9+. The van der Waals surface area contributed by atoms with E-state index in [2.05, 4.69) is 10.3 Å². The molecule has 7 rings (SSSR count). The number of rotatable bonds is 3. The van der Waals surface area contributed by atoms with E-state index >= 15 is 0 Å². The molecule has 2 heterocycles. The van der Waals surface area contributed by atoms with Gasteiger partial charge in [-0.1, -0.05) is 54.6 Å². The number of amides is 2. The molecule has 0 saturated carbocycles. The minimum Gasteiger partial charge on any atom is -0.296 e. The van der Waals surface area contributed by atoms with Crippen LogP contribution < -0.4 is 5.32 Å². The van der Waals surface area contributed by atoms with E-state index in [4.69, 9.17) is 0 Å². The molecule has 1 fully saturated rings. The molecule has 2 amide bonds. The Morgan fingerprint density at radius 2 is 1.48 bits per heavy atom. The Bertz CT molecular complexity index is 1250. The van der Waals surface area contributed by atoms with Crippen LogP contribution >= 0.6 is 0 Å². The molecule has 5 nitrogen and oxygen atoms in total. The van der Waals surface area contributed by atoms with Gasteiger partial charge in [0.2, 0.25) is 11.8 Å². The van der Waals surface area contributed by atoms with E-state index in [1.807, 2.05) is 54.6 Å². The molecule has 2 unspecified atom stereocenters. The van der Waals surface area contributed by atoms with Crippen LogP contribution in [0.1, 0.15) is 38.5 Å². The number of carbonyl (C=O) groups excluding carboxylic acids is 3. The number of ketones is 1. The van der Waals surface area contributed by atoms with Gasteiger partial charge < -0.3 is 0 Å². The van der Waals surface area contributed by atoms with Gasteiger partial charge in [0, 0.05) is 23.9 Å². The summed E-state index contributed by atoms with van der Waals surface area (Å²) in [5, 5.41) is 2.57. The molecule has 1 N–H and O–H groups in total. The normalized spacial score (nSPS) is 27.5. The second-order valence-electron chi connectivity index (χ2n) is 8.31. The minimum absolute atomic E-state index is 0.166. The molecule has 3 aliphatic carbocycles. The molecule has 2 atom stereocenters. The molecule has 3 aromatic rings. The van der Waals surface area contributed by atoms with E-state index in [1.165, 1.54) is 0 Å².